The first-order valence-electron chi connectivity index (χ1n) is 10.8. The number of anilines is 1. The first kappa shape index (κ1) is 20.8. The summed E-state index contributed by atoms with van der Waals surface area (Å²) in [6, 6.07) is 7.67. The summed E-state index contributed by atoms with van der Waals surface area (Å²) in [7, 11) is 0. The smallest absolute Gasteiger partial charge is 0.323 e. The Hall–Kier alpha value is -1.88. The molecule has 0 spiro atoms. The SMILES string of the molecule is CC(=O)c1ccc(N2CCC(OC(=O)[C@H](C(C)C)N3CCCCC3)CC2)cc1. The van der Waals surface area contributed by atoms with Gasteiger partial charge in [0.05, 0.1) is 0 Å². The molecule has 1 atom stereocenters. The second kappa shape index (κ2) is 9.55. The van der Waals surface area contributed by atoms with Gasteiger partial charge in [-0.05, 0) is 63.0 Å². The molecular weight excluding hydrogens is 352 g/mol. The van der Waals surface area contributed by atoms with Crippen molar-refractivity contribution in [3.05, 3.63) is 29.8 Å². The lowest BCUT2D eigenvalue weighted by molar-refractivity contribution is -0.158. The van der Waals surface area contributed by atoms with Gasteiger partial charge in [-0.2, -0.15) is 0 Å². The average molecular weight is 387 g/mol. The summed E-state index contributed by atoms with van der Waals surface area (Å²) in [4.78, 5) is 29.0. The Labute approximate surface area is 169 Å². The maximum absolute atomic E-state index is 12.9. The van der Waals surface area contributed by atoms with Gasteiger partial charge < -0.3 is 9.64 Å². The Morgan fingerprint density at radius 2 is 1.57 bits per heavy atom. The van der Waals surface area contributed by atoms with E-state index in [-0.39, 0.29) is 29.8 Å². The summed E-state index contributed by atoms with van der Waals surface area (Å²) in [5.41, 5.74) is 1.87. The maximum Gasteiger partial charge on any atom is 0.323 e. The van der Waals surface area contributed by atoms with E-state index in [1.165, 1.54) is 19.3 Å². The van der Waals surface area contributed by atoms with Crippen molar-refractivity contribution in [1.82, 2.24) is 4.90 Å². The summed E-state index contributed by atoms with van der Waals surface area (Å²) in [6.45, 7) is 9.57. The number of Topliss-reactive ketones (excluding diaryl/α,β-unsaturated/α-hetero) is 1. The van der Waals surface area contributed by atoms with Crippen molar-refractivity contribution in [2.45, 2.75) is 65.0 Å². The van der Waals surface area contributed by atoms with E-state index in [1.54, 1.807) is 6.92 Å². The molecule has 0 amide bonds. The van der Waals surface area contributed by atoms with Gasteiger partial charge in [-0.15, -0.1) is 0 Å². The third-order valence-electron chi connectivity index (χ3n) is 6.02. The van der Waals surface area contributed by atoms with E-state index in [0.29, 0.717) is 0 Å². The van der Waals surface area contributed by atoms with Gasteiger partial charge >= 0.3 is 5.97 Å². The second-order valence-corrected chi connectivity index (χ2v) is 8.51. The van der Waals surface area contributed by atoms with E-state index < -0.39 is 0 Å². The Morgan fingerprint density at radius 3 is 2.11 bits per heavy atom. The van der Waals surface area contributed by atoms with Gasteiger partial charge in [0.1, 0.15) is 12.1 Å². The molecular formula is C23H34N2O3. The van der Waals surface area contributed by atoms with Crippen LogP contribution in [-0.4, -0.2) is 55.0 Å². The fourth-order valence-electron chi connectivity index (χ4n) is 4.41. The quantitative estimate of drug-likeness (QED) is 0.548. The van der Waals surface area contributed by atoms with Crippen LogP contribution in [0.1, 0.15) is 63.2 Å². The van der Waals surface area contributed by atoms with Crippen molar-refractivity contribution in [3.63, 3.8) is 0 Å². The third-order valence-corrected chi connectivity index (χ3v) is 6.02. The third kappa shape index (κ3) is 5.13. The highest BCUT2D eigenvalue weighted by atomic mass is 16.5. The summed E-state index contributed by atoms with van der Waals surface area (Å²) >= 11 is 0. The van der Waals surface area contributed by atoms with Crippen LogP contribution < -0.4 is 4.90 Å². The van der Waals surface area contributed by atoms with Gasteiger partial charge in [0.2, 0.25) is 0 Å². The molecule has 0 N–H and O–H groups in total. The monoisotopic (exact) mass is 386 g/mol. The number of esters is 1. The Kier molecular flexibility index (Phi) is 7.11. The Bertz CT molecular complexity index is 657. The lowest BCUT2D eigenvalue weighted by Gasteiger charge is -2.37. The van der Waals surface area contributed by atoms with Crippen LogP contribution in [0.25, 0.3) is 0 Å². The van der Waals surface area contributed by atoms with Crippen molar-refractivity contribution in [2.24, 2.45) is 5.92 Å². The van der Waals surface area contributed by atoms with Crippen molar-refractivity contribution < 1.29 is 14.3 Å². The van der Waals surface area contributed by atoms with Gasteiger partial charge in [0, 0.05) is 37.2 Å². The zero-order valence-electron chi connectivity index (χ0n) is 17.5. The molecule has 1 aromatic carbocycles. The number of benzene rings is 1. The van der Waals surface area contributed by atoms with Crippen LogP contribution in [0.2, 0.25) is 0 Å². The molecule has 1 aromatic rings. The first-order chi connectivity index (χ1) is 13.5. The maximum atomic E-state index is 12.9. The van der Waals surface area contributed by atoms with Crippen LogP contribution in [0.5, 0.6) is 0 Å². The minimum absolute atomic E-state index is 0.00582. The molecule has 2 aliphatic rings. The Balaban J connectivity index is 1.52. The number of carbonyl (C=O) groups is 2. The van der Waals surface area contributed by atoms with Gasteiger partial charge in [-0.1, -0.05) is 20.3 Å². The standard InChI is InChI=1S/C23H34N2O3/c1-17(2)22(25-13-5-4-6-14-25)23(27)28-21-11-15-24(16-12-21)20-9-7-19(8-10-20)18(3)26/h7-10,17,21-22H,4-6,11-16H2,1-3H3/t22-/m0/s1. The number of hydrogen-bond acceptors (Lipinski definition) is 5. The van der Waals surface area contributed by atoms with Gasteiger partial charge in [0.25, 0.3) is 0 Å². The minimum atomic E-state index is -0.113. The molecule has 0 radical (unpaired) electrons. The molecule has 0 aromatic heterocycles. The molecule has 2 aliphatic heterocycles. The molecule has 0 saturated carbocycles. The van der Waals surface area contributed by atoms with Crippen LogP contribution >= 0.6 is 0 Å². The fraction of sp³-hybridized carbons (Fsp3) is 0.652. The molecule has 0 bridgehead atoms. The molecule has 2 heterocycles. The number of hydrogen-bond donors (Lipinski definition) is 0. The highest BCUT2D eigenvalue weighted by Gasteiger charge is 2.33. The normalized spacial score (nSPS) is 20.2. The molecule has 154 valence electrons. The molecule has 5 nitrogen and oxygen atoms in total. The largest absolute Gasteiger partial charge is 0.461 e. The number of nitrogens with zero attached hydrogens (tertiary/aromatic N) is 2. The zero-order chi connectivity index (χ0) is 20.1. The average Bonchev–Trinajstić information content (AvgIpc) is 2.69. The highest BCUT2D eigenvalue weighted by Crippen LogP contribution is 2.24. The topological polar surface area (TPSA) is 49.9 Å². The van der Waals surface area contributed by atoms with E-state index in [0.717, 1.165) is 50.3 Å². The number of carbonyl (C=O) groups excluding carboxylic acids is 2. The zero-order valence-corrected chi connectivity index (χ0v) is 17.5. The van der Waals surface area contributed by atoms with Crippen molar-refractivity contribution in [2.75, 3.05) is 31.1 Å². The summed E-state index contributed by atoms with van der Waals surface area (Å²) in [5.74, 6) is 0.317. The van der Waals surface area contributed by atoms with E-state index in [4.69, 9.17) is 4.74 Å². The van der Waals surface area contributed by atoms with Crippen LogP contribution in [0.3, 0.4) is 0 Å². The Morgan fingerprint density at radius 1 is 0.964 bits per heavy atom. The molecule has 0 aliphatic carbocycles. The minimum Gasteiger partial charge on any atom is -0.461 e. The summed E-state index contributed by atoms with van der Waals surface area (Å²) in [5, 5.41) is 0. The number of rotatable bonds is 6. The number of ether oxygens (including phenoxy) is 1. The van der Waals surface area contributed by atoms with E-state index in [2.05, 4.69) is 23.6 Å². The predicted molar refractivity (Wildman–Crippen MR) is 112 cm³/mol. The van der Waals surface area contributed by atoms with Gasteiger partial charge in [-0.25, -0.2) is 0 Å². The lowest BCUT2D eigenvalue weighted by Crippen LogP contribution is -2.49. The molecule has 2 saturated heterocycles. The van der Waals surface area contributed by atoms with Crippen LogP contribution in [0.4, 0.5) is 5.69 Å². The second-order valence-electron chi connectivity index (χ2n) is 8.51. The van der Waals surface area contributed by atoms with E-state index >= 15 is 0 Å². The van der Waals surface area contributed by atoms with Gasteiger partial charge in [-0.3, -0.25) is 14.5 Å². The molecule has 0 unspecified atom stereocenters. The molecule has 28 heavy (non-hydrogen) atoms. The molecule has 2 fully saturated rings. The molecule has 5 heteroatoms. The van der Waals surface area contributed by atoms with Crippen molar-refractivity contribution in [1.29, 1.82) is 0 Å². The van der Waals surface area contributed by atoms with E-state index in [9.17, 15) is 9.59 Å². The van der Waals surface area contributed by atoms with Crippen molar-refractivity contribution in [3.8, 4) is 0 Å². The van der Waals surface area contributed by atoms with Crippen LogP contribution in [0, 0.1) is 5.92 Å². The number of likely N-dealkylation sites (tertiary alicyclic amines) is 1. The summed E-state index contributed by atoms with van der Waals surface area (Å²) in [6.07, 6.45) is 5.33. The van der Waals surface area contributed by atoms with E-state index in [1.807, 2.05) is 24.3 Å². The van der Waals surface area contributed by atoms with Crippen LogP contribution in [0.15, 0.2) is 24.3 Å². The summed E-state index contributed by atoms with van der Waals surface area (Å²) < 4.78 is 5.95. The number of piperidine rings is 2. The first-order valence-corrected chi connectivity index (χ1v) is 10.8. The predicted octanol–water partition coefficient (Wildman–Crippen LogP) is 3.91. The highest BCUT2D eigenvalue weighted by molar-refractivity contribution is 5.94. The van der Waals surface area contributed by atoms with Crippen molar-refractivity contribution >= 4 is 17.4 Å². The number of ketones is 1. The molecule has 3 rings (SSSR count). The fourth-order valence-corrected chi connectivity index (χ4v) is 4.41. The van der Waals surface area contributed by atoms with Crippen LogP contribution in [-0.2, 0) is 9.53 Å². The lowest BCUT2D eigenvalue weighted by atomic mass is 9.99. The van der Waals surface area contributed by atoms with Gasteiger partial charge in [0.15, 0.2) is 5.78 Å².